The van der Waals surface area contributed by atoms with Crippen LogP contribution in [0.2, 0.25) is 10.0 Å². The monoisotopic (exact) mass is 395 g/mol. The minimum Gasteiger partial charge on any atom is -0.336 e. The third-order valence-electron chi connectivity index (χ3n) is 3.57. The molecule has 0 unspecified atom stereocenters. The van der Waals surface area contributed by atoms with Gasteiger partial charge in [0, 0.05) is 34.4 Å². The van der Waals surface area contributed by atoms with Crippen LogP contribution in [0, 0.1) is 0 Å². The lowest BCUT2D eigenvalue weighted by Crippen LogP contribution is -2.27. The van der Waals surface area contributed by atoms with Crippen LogP contribution in [0.5, 0.6) is 0 Å². The molecule has 1 aliphatic heterocycles. The summed E-state index contributed by atoms with van der Waals surface area (Å²) in [6.45, 7) is 1.28. The molecule has 1 aliphatic rings. The number of carbonyl (C=O) groups is 2. The molecule has 0 bridgehead atoms. The lowest BCUT2D eigenvalue weighted by molar-refractivity contribution is -0.113. The summed E-state index contributed by atoms with van der Waals surface area (Å²) in [6.07, 6.45) is 0. The fraction of sp³-hybridized carbons (Fsp3) is 0.176. The smallest absolute Gasteiger partial charge is 0.321 e. The van der Waals surface area contributed by atoms with Crippen molar-refractivity contribution in [2.24, 2.45) is 0 Å². The van der Waals surface area contributed by atoms with Crippen molar-refractivity contribution in [3.05, 3.63) is 52.5 Å². The predicted molar refractivity (Wildman–Crippen MR) is 103 cm³/mol. The normalized spacial score (nSPS) is 13.7. The van der Waals surface area contributed by atoms with E-state index in [-0.39, 0.29) is 17.7 Å². The van der Waals surface area contributed by atoms with Crippen molar-refractivity contribution in [2.75, 3.05) is 29.1 Å². The number of halogens is 2. The van der Waals surface area contributed by atoms with E-state index in [1.165, 1.54) is 11.8 Å². The van der Waals surface area contributed by atoms with Crippen molar-refractivity contribution in [3.8, 4) is 0 Å². The average molecular weight is 396 g/mol. The van der Waals surface area contributed by atoms with E-state index >= 15 is 0 Å². The molecule has 1 saturated heterocycles. The molecule has 2 aromatic carbocycles. The van der Waals surface area contributed by atoms with Gasteiger partial charge in [-0.1, -0.05) is 23.2 Å². The molecule has 0 atom stereocenters. The Bertz CT molecular complexity index is 799. The molecule has 3 amide bonds. The molecule has 1 heterocycles. The van der Waals surface area contributed by atoms with Gasteiger partial charge in [0.05, 0.1) is 10.8 Å². The van der Waals surface area contributed by atoms with Gasteiger partial charge in [0.15, 0.2) is 0 Å². The zero-order valence-corrected chi connectivity index (χ0v) is 15.4. The van der Waals surface area contributed by atoms with Crippen molar-refractivity contribution in [1.82, 2.24) is 5.32 Å². The molecule has 2 N–H and O–H groups in total. The lowest BCUT2D eigenvalue weighted by Gasteiger charge is -2.14. The molecule has 2 aromatic rings. The topological polar surface area (TPSA) is 61.4 Å². The molecule has 5 nitrogen and oxygen atoms in total. The highest BCUT2D eigenvalue weighted by molar-refractivity contribution is 8.00. The van der Waals surface area contributed by atoms with E-state index in [1.54, 1.807) is 35.2 Å². The van der Waals surface area contributed by atoms with E-state index in [0.717, 1.165) is 10.6 Å². The molecule has 0 spiro atoms. The van der Waals surface area contributed by atoms with Crippen LogP contribution < -0.4 is 15.5 Å². The number of urea groups is 1. The average Bonchev–Trinajstić information content (AvgIpc) is 3.02. The number of benzene rings is 2. The number of hydrogen-bond donors (Lipinski definition) is 2. The number of amides is 3. The number of anilines is 2. The van der Waals surface area contributed by atoms with Gasteiger partial charge in [-0.25, -0.2) is 4.79 Å². The summed E-state index contributed by atoms with van der Waals surface area (Å²) in [5.41, 5.74) is 1.47. The van der Waals surface area contributed by atoms with Crippen LogP contribution in [-0.2, 0) is 4.79 Å². The highest BCUT2D eigenvalue weighted by Gasteiger charge is 2.20. The van der Waals surface area contributed by atoms with Gasteiger partial charge in [0.1, 0.15) is 0 Å². The van der Waals surface area contributed by atoms with E-state index in [9.17, 15) is 9.59 Å². The highest BCUT2D eigenvalue weighted by atomic mass is 35.5. The lowest BCUT2D eigenvalue weighted by atomic mass is 10.2. The van der Waals surface area contributed by atoms with Crippen LogP contribution in [0.1, 0.15) is 0 Å². The van der Waals surface area contributed by atoms with Gasteiger partial charge in [-0.2, -0.15) is 0 Å². The third kappa shape index (κ3) is 4.60. The summed E-state index contributed by atoms with van der Waals surface area (Å²) in [5.74, 6) is 0.0730. The van der Waals surface area contributed by atoms with Gasteiger partial charge < -0.3 is 10.6 Å². The minimum atomic E-state index is -0.146. The quantitative estimate of drug-likeness (QED) is 0.743. The van der Waals surface area contributed by atoms with Gasteiger partial charge in [0.2, 0.25) is 5.91 Å². The molecule has 0 aliphatic carbocycles. The zero-order valence-electron chi connectivity index (χ0n) is 13.1. The van der Waals surface area contributed by atoms with E-state index < -0.39 is 0 Å². The number of rotatable bonds is 5. The first kappa shape index (κ1) is 17.9. The summed E-state index contributed by atoms with van der Waals surface area (Å²) in [6, 6.07) is 12.2. The van der Waals surface area contributed by atoms with Gasteiger partial charge in [-0.15, -0.1) is 11.8 Å². The Hall–Kier alpha value is -1.89. The number of nitrogens with zero attached hydrogens (tertiary/aromatic N) is 1. The van der Waals surface area contributed by atoms with Crippen LogP contribution >= 0.6 is 35.0 Å². The second-order valence-electron chi connectivity index (χ2n) is 5.34. The summed E-state index contributed by atoms with van der Waals surface area (Å²) < 4.78 is 0. The first-order valence-corrected chi connectivity index (χ1v) is 9.30. The maximum atomic E-state index is 12.1. The standard InChI is InChI=1S/C17H15Cl2N3O2S/c18-11-1-6-14(19)15(9-11)25-10-16(23)21-12-2-4-13(5-3-12)22-8-7-20-17(22)24/h1-6,9H,7-8,10H2,(H,20,24)(H,21,23). The number of nitrogens with one attached hydrogen (secondary N) is 2. The molecule has 25 heavy (non-hydrogen) atoms. The summed E-state index contributed by atoms with van der Waals surface area (Å²) in [5, 5.41) is 6.71. The molecule has 130 valence electrons. The Morgan fingerprint density at radius 1 is 1.20 bits per heavy atom. The van der Waals surface area contributed by atoms with Crippen LogP contribution in [0.4, 0.5) is 16.2 Å². The van der Waals surface area contributed by atoms with Gasteiger partial charge in [-0.3, -0.25) is 9.69 Å². The summed E-state index contributed by atoms with van der Waals surface area (Å²) >= 11 is 13.3. The van der Waals surface area contributed by atoms with Gasteiger partial charge >= 0.3 is 6.03 Å². The summed E-state index contributed by atoms with van der Waals surface area (Å²) in [4.78, 5) is 26.1. The largest absolute Gasteiger partial charge is 0.336 e. The fourth-order valence-corrected chi connectivity index (χ4v) is 3.66. The summed E-state index contributed by atoms with van der Waals surface area (Å²) in [7, 11) is 0. The Balaban J connectivity index is 1.56. The number of carbonyl (C=O) groups excluding carboxylic acids is 2. The van der Waals surface area contributed by atoms with E-state index in [1.807, 2.05) is 12.1 Å². The SMILES string of the molecule is O=C(CSc1cc(Cl)ccc1Cl)Nc1ccc(N2CCNC2=O)cc1. The number of thioether (sulfide) groups is 1. The Morgan fingerprint density at radius 2 is 1.96 bits per heavy atom. The van der Waals surface area contributed by atoms with Crippen molar-refractivity contribution in [3.63, 3.8) is 0 Å². The molecule has 0 radical (unpaired) electrons. The van der Waals surface area contributed by atoms with Gasteiger partial charge in [-0.05, 0) is 42.5 Å². The second kappa shape index (κ2) is 7.99. The Morgan fingerprint density at radius 3 is 2.64 bits per heavy atom. The second-order valence-corrected chi connectivity index (χ2v) is 7.20. The van der Waals surface area contributed by atoms with E-state index in [4.69, 9.17) is 23.2 Å². The Labute approximate surface area is 159 Å². The highest BCUT2D eigenvalue weighted by Crippen LogP contribution is 2.30. The van der Waals surface area contributed by atoms with Crippen molar-refractivity contribution in [2.45, 2.75) is 4.90 Å². The predicted octanol–water partition coefficient (Wildman–Crippen LogP) is 4.25. The maximum Gasteiger partial charge on any atom is 0.321 e. The molecular weight excluding hydrogens is 381 g/mol. The molecule has 3 rings (SSSR count). The maximum absolute atomic E-state index is 12.1. The van der Waals surface area contributed by atoms with Crippen LogP contribution in [0.3, 0.4) is 0 Å². The zero-order chi connectivity index (χ0) is 17.8. The van der Waals surface area contributed by atoms with Crippen LogP contribution in [0.25, 0.3) is 0 Å². The fourth-order valence-electron chi connectivity index (χ4n) is 2.37. The van der Waals surface area contributed by atoms with E-state index in [0.29, 0.717) is 28.8 Å². The third-order valence-corrected chi connectivity index (χ3v) is 5.30. The number of hydrogen-bond acceptors (Lipinski definition) is 3. The molecule has 0 aromatic heterocycles. The molecule has 8 heteroatoms. The van der Waals surface area contributed by atoms with Crippen molar-refractivity contribution >= 4 is 58.3 Å². The first-order valence-electron chi connectivity index (χ1n) is 7.56. The van der Waals surface area contributed by atoms with Crippen LogP contribution in [0.15, 0.2) is 47.4 Å². The Kier molecular flexibility index (Phi) is 5.73. The first-order chi connectivity index (χ1) is 12.0. The molecular formula is C17H15Cl2N3O2S. The van der Waals surface area contributed by atoms with Gasteiger partial charge in [0.25, 0.3) is 0 Å². The molecule has 1 fully saturated rings. The van der Waals surface area contributed by atoms with Crippen molar-refractivity contribution in [1.29, 1.82) is 0 Å². The molecule has 0 saturated carbocycles. The van der Waals surface area contributed by atoms with Crippen LogP contribution in [-0.4, -0.2) is 30.8 Å². The van der Waals surface area contributed by atoms with Crippen molar-refractivity contribution < 1.29 is 9.59 Å². The van der Waals surface area contributed by atoms with E-state index in [2.05, 4.69) is 10.6 Å². The minimum absolute atomic E-state index is 0.105.